The van der Waals surface area contributed by atoms with Gasteiger partial charge in [0.1, 0.15) is 5.75 Å². The van der Waals surface area contributed by atoms with Gasteiger partial charge in [0.2, 0.25) is 0 Å². The minimum absolute atomic E-state index is 0.0382. The molecule has 0 fully saturated rings. The minimum atomic E-state index is -2.83. The molecule has 0 aromatic heterocycles. The normalized spacial score (nSPS) is 12.4. The second-order valence-electron chi connectivity index (χ2n) is 5.32. The van der Waals surface area contributed by atoms with Gasteiger partial charge in [-0.25, -0.2) is 0 Å². The lowest BCUT2D eigenvalue weighted by Crippen LogP contribution is -2.22. The Balaban J connectivity index is 1.90. The van der Waals surface area contributed by atoms with Crippen molar-refractivity contribution in [3.05, 3.63) is 65.2 Å². The molecule has 124 valence electrons. The fraction of sp³-hybridized carbons (Fsp3) is 0.333. The van der Waals surface area contributed by atoms with Gasteiger partial charge in [0.15, 0.2) is 0 Å². The van der Waals surface area contributed by atoms with Crippen LogP contribution in [0.25, 0.3) is 0 Å². The molecule has 0 aliphatic rings. The Labute approximate surface area is 134 Å². The maximum absolute atomic E-state index is 12.4. The first kappa shape index (κ1) is 17.4. The first-order valence-electron chi connectivity index (χ1n) is 7.56. The molecular formula is C18H21F2NO2. The SMILES string of the molecule is CC(NCCc1ccc(CO)cc1)c1ccccc1OC(F)F. The van der Waals surface area contributed by atoms with Gasteiger partial charge < -0.3 is 15.2 Å². The van der Waals surface area contributed by atoms with Crippen molar-refractivity contribution >= 4 is 0 Å². The highest BCUT2D eigenvalue weighted by Gasteiger charge is 2.13. The zero-order valence-electron chi connectivity index (χ0n) is 13.0. The van der Waals surface area contributed by atoms with Crippen molar-refractivity contribution in [3.63, 3.8) is 0 Å². The molecule has 0 bridgehead atoms. The van der Waals surface area contributed by atoms with Crippen LogP contribution >= 0.6 is 0 Å². The molecule has 1 unspecified atom stereocenters. The van der Waals surface area contributed by atoms with Gasteiger partial charge in [-0.05, 0) is 37.1 Å². The highest BCUT2D eigenvalue weighted by molar-refractivity contribution is 5.35. The lowest BCUT2D eigenvalue weighted by atomic mass is 10.1. The van der Waals surface area contributed by atoms with E-state index in [1.165, 1.54) is 0 Å². The highest BCUT2D eigenvalue weighted by atomic mass is 19.3. The predicted molar refractivity (Wildman–Crippen MR) is 85.6 cm³/mol. The topological polar surface area (TPSA) is 41.5 Å². The molecule has 5 heteroatoms. The van der Waals surface area contributed by atoms with Crippen LogP contribution in [-0.4, -0.2) is 18.3 Å². The molecule has 2 rings (SSSR count). The van der Waals surface area contributed by atoms with Gasteiger partial charge in [-0.3, -0.25) is 0 Å². The summed E-state index contributed by atoms with van der Waals surface area (Å²) in [5.74, 6) is 0.204. The molecule has 2 aromatic carbocycles. The Morgan fingerprint density at radius 2 is 1.70 bits per heavy atom. The molecule has 0 amide bonds. The Morgan fingerprint density at radius 3 is 2.35 bits per heavy atom. The van der Waals surface area contributed by atoms with E-state index in [0.717, 1.165) is 17.5 Å². The lowest BCUT2D eigenvalue weighted by molar-refractivity contribution is -0.0506. The molecule has 0 saturated heterocycles. The molecule has 2 N–H and O–H groups in total. The van der Waals surface area contributed by atoms with Crippen LogP contribution in [0.4, 0.5) is 8.78 Å². The van der Waals surface area contributed by atoms with E-state index in [4.69, 9.17) is 5.11 Å². The second-order valence-corrected chi connectivity index (χ2v) is 5.32. The Bertz CT molecular complexity index is 602. The molecule has 0 heterocycles. The van der Waals surface area contributed by atoms with Crippen molar-refractivity contribution in [1.29, 1.82) is 0 Å². The van der Waals surface area contributed by atoms with Gasteiger partial charge in [-0.2, -0.15) is 8.78 Å². The van der Waals surface area contributed by atoms with E-state index in [1.807, 2.05) is 31.2 Å². The summed E-state index contributed by atoms with van der Waals surface area (Å²) in [7, 11) is 0. The van der Waals surface area contributed by atoms with Gasteiger partial charge in [0.25, 0.3) is 0 Å². The monoisotopic (exact) mass is 321 g/mol. The lowest BCUT2D eigenvalue weighted by Gasteiger charge is -2.18. The summed E-state index contributed by atoms with van der Waals surface area (Å²) >= 11 is 0. The van der Waals surface area contributed by atoms with Crippen molar-refractivity contribution in [2.45, 2.75) is 32.6 Å². The third kappa shape index (κ3) is 5.30. The number of alkyl halides is 2. The maximum atomic E-state index is 12.4. The number of hydrogen-bond donors (Lipinski definition) is 2. The van der Waals surface area contributed by atoms with E-state index in [-0.39, 0.29) is 18.4 Å². The van der Waals surface area contributed by atoms with Crippen molar-refractivity contribution in [3.8, 4) is 5.75 Å². The zero-order valence-corrected chi connectivity index (χ0v) is 13.0. The van der Waals surface area contributed by atoms with Gasteiger partial charge >= 0.3 is 6.61 Å². The Morgan fingerprint density at radius 1 is 1.04 bits per heavy atom. The van der Waals surface area contributed by atoms with E-state index >= 15 is 0 Å². The van der Waals surface area contributed by atoms with Crippen LogP contribution in [0.15, 0.2) is 48.5 Å². The van der Waals surface area contributed by atoms with E-state index in [1.54, 1.807) is 24.3 Å². The molecule has 0 aliphatic heterocycles. The third-order valence-corrected chi connectivity index (χ3v) is 3.67. The quantitative estimate of drug-likeness (QED) is 0.779. The number of aliphatic hydroxyl groups excluding tert-OH is 1. The van der Waals surface area contributed by atoms with Crippen LogP contribution < -0.4 is 10.1 Å². The van der Waals surface area contributed by atoms with Gasteiger partial charge in [-0.15, -0.1) is 0 Å². The second kappa shape index (κ2) is 8.60. The van der Waals surface area contributed by atoms with Gasteiger partial charge in [0.05, 0.1) is 6.61 Å². The van der Waals surface area contributed by atoms with Crippen molar-refractivity contribution in [2.24, 2.45) is 0 Å². The summed E-state index contributed by atoms with van der Waals surface area (Å²) in [6.07, 6.45) is 0.813. The summed E-state index contributed by atoms with van der Waals surface area (Å²) in [6, 6.07) is 14.5. The molecule has 2 aromatic rings. The predicted octanol–water partition coefficient (Wildman–Crippen LogP) is 3.67. The van der Waals surface area contributed by atoms with E-state index in [2.05, 4.69) is 10.1 Å². The number of para-hydroxylation sites is 1. The Hall–Kier alpha value is -1.98. The summed E-state index contributed by atoms with van der Waals surface area (Å²) in [6.45, 7) is -0.157. The zero-order chi connectivity index (χ0) is 16.7. The first-order valence-corrected chi connectivity index (χ1v) is 7.56. The third-order valence-electron chi connectivity index (χ3n) is 3.67. The maximum Gasteiger partial charge on any atom is 0.387 e. The largest absolute Gasteiger partial charge is 0.434 e. The number of halogens is 2. The smallest absolute Gasteiger partial charge is 0.387 e. The molecular weight excluding hydrogens is 300 g/mol. The number of aliphatic hydroxyl groups is 1. The summed E-state index contributed by atoms with van der Waals surface area (Å²) in [4.78, 5) is 0. The molecule has 23 heavy (non-hydrogen) atoms. The van der Waals surface area contributed by atoms with Crippen LogP contribution in [0.5, 0.6) is 5.75 Å². The van der Waals surface area contributed by atoms with E-state index < -0.39 is 6.61 Å². The van der Waals surface area contributed by atoms with Crippen LogP contribution in [0.3, 0.4) is 0 Å². The average Bonchev–Trinajstić information content (AvgIpc) is 2.55. The van der Waals surface area contributed by atoms with Crippen LogP contribution in [0, 0.1) is 0 Å². The summed E-state index contributed by atoms with van der Waals surface area (Å²) < 4.78 is 29.4. The Kier molecular flexibility index (Phi) is 6.50. The van der Waals surface area contributed by atoms with Crippen LogP contribution in [-0.2, 0) is 13.0 Å². The number of nitrogens with one attached hydrogen (secondary N) is 1. The molecule has 0 saturated carbocycles. The van der Waals surface area contributed by atoms with Gasteiger partial charge in [-0.1, -0.05) is 42.5 Å². The van der Waals surface area contributed by atoms with Crippen molar-refractivity contribution in [2.75, 3.05) is 6.54 Å². The number of hydrogen-bond acceptors (Lipinski definition) is 3. The molecule has 3 nitrogen and oxygen atoms in total. The van der Waals surface area contributed by atoms with Gasteiger partial charge in [0, 0.05) is 11.6 Å². The molecule has 0 radical (unpaired) electrons. The molecule has 0 aliphatic carbocycles. The number of rotatable bonds is 8. The fourth-order valence-electron chi connectivity index (χ4n) is 2.40. The first-order chi connectivity index (χ1) is 11.1. The number of benzene rings is 2. The van der Waals surface area contributed by atoms with E-state index in [0.29, 0.717) is 12.1 Å². The number of ether oxygens (including phenoxy) is 1. The van der Waals surface area contributed by atoms with Crippen molar-refractivity contribution < 1.29 is 18.6 Å². The van der Waals surface area contributed by atoms with Crippen LogP contribution in [0.1, 0.15) is 29.7 Å². The highest BCUT2D eigenvalue weighted by Crippen LogP contribution is 2.26. The molecule has 0 spiro atoms. The van der Waals surface area contributed by atoms with Crippen molar-refractivity contribution in [1.82, 2.24) is 5.32 Å². The summed E-state index contributed by atoms with van der Waals surface area (Å²) in [5.41, 5.74) is 2.75. The molecule has 1 atom stereocenters. The summed E-state index contributed by atoms with van der Waals surface area (Å²) in [5, 5.41) is 12.3. The van der Waals surface area contributed by atoms with Crippen LogP contribution in [0.2, 0.25) is 0 Å². The standard InChI is InChI=1S/C18H21F2NO2/c1-13(16-4-2-3-5-17(16)23-18(19)20)21-11-10-14-6-8-15(12-22)9-7-14/h2-9,13,18,21-22H,10-12H2,1H3. The average molecular weight is 321 g/mol. The van der Waals surface area contributed by atoms with E-state index in [9.17, 15) is 8.78 Å². The minimum Gasteiger partial charge on any atom is -0.434 e. The fourth-order valence-corrected chi connectivity index (χ4v) is 2.40.